The van der Waals surface area contributed by atoms with Gasteiger partial charge >= 0.3 is 0 Å². The topological polar surface area (TPSA) is 113 Å². The lowest BCUT2D eigenvalue weighted by Crippen LogP contribution is -2.43. The van der Waals surface area contributed by atoms with Crippen LogP contribution in [0.3, 0.4) is 0 Å². The number of hydrogen-bond donors (Lipinski definition) is 2. The molecule has 1 aromatic carbocycles. The van der Waals surface area contributed by atoms with E-state index in [1.807, 2.05) is 0 Å². The van der Waals surface area contributed by atoms with Gasteiger partial charge in [-0.25, -0.2) is 13.1 Å². The Balaban J connectivity index is 1.93. The number of nitro groups is 1. The molecule has 1 aliphatic rings. The highest BCUT2D eigenvalue weighted by atomic mass is 32.2. The van der Waals surface area contributed by atoms with E-state index >= 15 is 0 Å². The molecule has 0 spiro atoms. The summed E-state index contributed by atoms with van der Waals surface area (Å²) in [6.45, 7) is 4.49. The second kappa shape index (κ2) is 7.56. The van der Waals surface area contributed by atoms with Crippen LogP contribution in [-0.4, -0.2) is 54.6 Å². The molecule has 134 valence electrons. The highest BCUT2D eigenvalue weighted by molar-refractivity contribution is 7.89. The molecular weight excluding hydrogens is 334 g/mol. The monoisotopic (exact) mass is 357 g/mol. The predicted molar refractivity (Wildman–Crippen MR) is 89.2 cm³/mol. The number of nitro benzene ring substituents is 1. The number of nitrogens with one attached hydrogen (secondary N) is 1. The van der Waals surface area contributed by atoms with Gasteiger partial charge in [-0.1, -0.05) is 0 Å². The zero-order chi connectivity index (χ0) is 17.9. The molecule has 1 fully saturated rings. The molecule has 0 saturated carbocycles. The van der Waals surface area contributed by atoms with Crippen LogP contribution in [-0.2, 0) is 10.0 Å². The zero-order valence-corrected chi connectivity index (χ0v) is 14.6. The number of likely N-dealkylation sites (tertiary alicyclic amines) is 1. The van der Waals surface area contributed by atoms with Crippen molar-refractivity contribution in [2.24, 2.45) is 0 Å². The van der Waals surface area contributed by atoms with Gasteiger partial charge in [0.25, 0.3) is 5.69 Å². The first-order valence-corrected chi connectivity index (χ1v) is 9.37. The van der Waals surface area contributed by atoms with E-state index in [1.54, 1.807) is 0 Å². The Kier molecular flexibility index (Phi) is 5.92. The minimum absolute atomic E-state index is 0.0665. The standard InChI is InChI=1S/C15H23N3O5S/c1-11-3-4-12(2)17(11)10-14(19)9-16-24(22,23)15-7-5-13(6-8-15)18(20)21/h5-8,11-12,14,16,19H,3-4,9-10H2,1-2H3/t11?,12?,14-/m0/s1. The fraction of sp³-hybridized carbons (Fsp3) is 0.600. The van der Waals surface area contributed by atoms with Gasteiger partial charge in [0, 0.05) is 37.3 Å². The molecule has 0 amide bonds. The van der Waals surface area contributed by atoms with Crippen molar-refractivity contribution in [3.05, 3.63) is 34.4 Å². The fourth-order valence-electron chi connectivity index (χ4n) is 2.95. The van der Waals surface area contributed by atoms with Gasteiger partial charge in [0.15, 0.2) is 0 Å². The van der Waals surface area contributed by atoms with Crippen molar-refractivity contribution in [3.63, 3.8) is 0 Å². The molecule has 9 heteroatoms. The van der Waals surface area contributed by atoms with Crippen molar-refractivity contribution in [2.75, 3.05) is 13.1 Å². The molecule has 2 rings (SSSR count). The van der Waals surface area contributed by atoms with Crippen molar-refractivity contribution < 1.29 is 18.4 Å². The van der Waals surface area contributed by atoms with Crippen molar-refractivity contribution in [3.8, 4) is 0 Å². The number of sulfonamides is 1. The maximum atomic E-state index is 12.2. The Morgan fingerprint density at radius 2 is 1.83 bits per heavy atom. The average Bonchev–Trinajstić information content (AvgIpc) is 2.85. The number of nitrogens with zero attached hydrogens (tertiary/aromatic N) is 2. The van der Waals surface area contributed by atoms with Crippen LogP contribution >= 0.6 is 0 Å². The lowest BCUT2D eigenvalue weighted by molar-refractivity contribution is -0.384. The molecule has 24 heavy (non-hydrogen) atoms. The first-order valence-electron chi connectivity index (χ1n) is 7.88. The molecule has 2 unspecified atom stereocenters. The molecule has 1 saturated heterocycles. The molecule has 1 aromatic rings. The first-order chi connectivity index (χ1) is 11.2. The Morgan fingerprint density at radius 1 is 1.29 bits per heavy atom. The lowest BCUT2D eigenvalue weighted by atomic mass is 10.2. The summed E-state index contributed by atoms with van der Waals surface area (Å²) < 4.78 is 26.7. The van der Waals surface area contributed by atoms with Crippen LogP contribution in [0.4, 0.5) is 5.69 Å². The van der Waals surface area contributed by atoms with Crippen molar-refractivity contribution in [1.82, 2.24) is 9.62 Å². The van der Waals surface area contributed by atoms with E-state index in [2.05, 4.69) is 23.5 Å². The molecule has 3 atom stereocenters. The van der Waals surface area contributed by atoms with Crippen LogP contribution in [0, 0.1) is 10.1 Å². The maximum Gasteiger partial charge on any atom is 0.269 e. The molecule has 1 heterocycles. The SMILES string of the molecule is CC1CCC(C)N1C[C@@H](O)CNS(=O)(=O)c1ccc([N+](=O)[O-])cc1. The minimum Gasteiger partial charge on any atom is -0.390 e. The van der Waals surface area contributed by atoms with E-state index in [1.165, 1.54) is 12.1 Å². The van der Waals surface area contributed by atoms with Gasteiger partial charge in [0.1, 0.15) is 0 Å². The minimum atomic E-state index is -3.81. The predicted octanol–water partition coefficient (Wildman–Crippen LogP) is 1.11. The molecule has 0 radical (unpaired) electrons. The van der Waals surface area contributed by atoms with Crippen LogP contribution in [0.2, 0.25) is 0 Å². The molecule has 1 aliphatic heterocycles. The van der Waals surface area contributed by atoms with E-state index in [9.17, 15) is 23.6 Å². The second-order valence-electron chi connectivity index (χ2n) is 6.23. The third-order valence-electron chi connectivity index (χ3n) is 4.42. The summed E-state index contributed by atoms with van der Waals surface area (Å²) in [5.41, 5.74) is -0.175. The Hall–Kier alpha value is -1.55. The molecule has 2 N–H and O–H groups in total. The molecule has 0 aromatic heterocycles. The van der Waals surface area contributed by atoms with Crippen LogP contribution < -0.4 is 4.72 Å². The quantitative estimate of drug-likeness (QED) is 0.558. The van der Waals surface area contributed by atoms with E-state index in [0.29, 0.717) is 18.6 Å². The third-order valence-corrected chi connectivity index (χ3v) is 5.86. The fourth-order valence-corrected chi connectivity index (χ4v) is 4.03. The summed E-state index contributed by atoms with van der Waals surface area (Å²) in [5, 5.41) is 20.7. The van der Waals surface area contributed by atoms with Gasteiger partial charge in [0.05, 0.1) is 15.9 Å². The Labute approximate surface area is 141 Å². The van der Waals surface area contributed by atoms with Crippen molar-refractivity contribution in [1.29, 1.82) is 0 Å². The lowest BCUT2D eigenvalue weighted by Gasteiger charge is -2.28. The van der Waals surface area contributed by atoms with Gasteiger partial charge in [0.2, 0.25) is 10.0 Å². The van der Waals surface area contributed by atoms with Crippen LogP contribution in [0.5, 0.6) is 0 Å². The number of aliphatic hydroxyl groups excluding tert-OH is 1. The van der Waals surface area contributed by atoms with Gasteiger partial charge in [-0.2, -0.15) is 0 Å². The maximum absolute atomic E-state index is 12.2. The van der Waals surface area contributed by atoms with Crippen LogP contribution in [0.15, 0.2) is 29.2 Å². The van der Waals surface area contributed by atoms with E-state index in [-0.39, 0.29) is 17.1 Å². The highest BCUT2D eigenvalue weighted by Crippen LogP contribution is 2.23. The van der Waals surface area contributed by atoms with Crippen molar-refractivity contribution in [2.45, 2.75) is 49.8 Å². The number of benzene rings is 1. The van der Waals surface area contributed by atoms with Crippen LogP contribution in [0.25, 0.3) is 0 Å². The number of hydrogen-bond acceptors (Lipinski definition) is 6. The molecule has 0 bridgehead atoms. The smallest absolute Gasteiger partial charge is 0.269 e. The second-order valence-corrected chi connectivity index (χ2v) is 8.00. The molecule has 8 nitrogen and oxygen atoms in total. The summed E-state index contributed by atoms with van der Waals surface area (Å²) in [7, 11) is -3.81. The van der Waals surface area contributed by atoms with E-state index in [0.717, 1.165) is 25.0 Å². The van der Waals surface area contributed by atoms with Gasteiger partial charge in [-0.05, 0) is 38.8 Å². The number of β-amino-alcohol motifs (C(OH)–C–C–N with tert-alkyl or cyclic N) is 1. The Morgan fingerprint density at radius 3 is 2.33 bits per heavy atom. The van der Waals surface area contributed by atoms with Gasteiger partial charge in [-0.15, -0.1) is 0 Å². The molecular formula is C15H23N3O5S. The first kappa shape index (κ1) is 18.8. The summed E-state index contributed by atoms with van der Waals surface area (Å²) in [5.74, 6) is 0. The van der Waals surface area contributed by atoms with E-state index < -0.39 is 21.1 Å². The highest BCUT2D eigenvalue weighted by Gasteiger charge is 2.29. The zero-order valence-electron chi connectivity index (χ0n) is 13.8. The number of rotatable bonds is 7. The number of aliphatic hydroxyl groups is 1. The summed E-state index contributed by atoms with van der Waals surface area (Å²) in [6, 6.07) is 5.38. The normalized spacial score (nSPS) is 23.3. The summed E-state index contributed by atoms with van der Waals surface area (Å²) in [6.07, 6.45) is 1.32. The Bertz CT molecular complexity index is 667. The summed E-state index contributed by atoms with van der Waals surface area (Å²) >= 11 is 0. The third kappa shape index (κ3) is 4.50. The van der Waals surface area contributed by atoms with Gasteiger partial charge in [-0.3, -0.25) is 15.0 Å². The number of non-ortho nitro benzene ring substituents is 1. The van der Waals surface area contributed by atoms with Crippen molar-refractivity contribution >= 4 is 15.7 Å². The summed E-state index contributed by atoms with van der Waals surface area (Å²) in [4.78, 5) is 12.1. The van der Waals surface area contributed by atoms with E-state index in [4.69, 9.17) is 0 Å². The van der Waals surface area contributed by atoms with Crippen LogP contribution in [0.1, 0.15) is 26.7 Å². The largest absolute Gasteiger partial charge is 0.390 e. The van der Waals surface area contributed by atoms with Gasteiger partial charge < -0.3 is 5.11 Å². The average molecular weight is 357 g/mol. The molecule has 0 aliphatic carbocycles.